The minimum absolute atomic E-state index is 0. The quantitative estimate of drug-likeness (QED) is 0.144. The van der Waals surface area contributed by atoms with Gasteiger partial charge in [-0.2, -0.15) is 10.2 Å². The van der Waals surface area contributed by atoms with Gasteiger partial charge in [0.15, 0.2) is 0 Å². The molecule has 3 rings (SSSR count). The van der Waals surface area contributed by atoms with Gasteiger partial charge in [0.1, 0.15) is 17.2 Å². The van der Waals surface area contributed by atoms with Crippen molar-refractivity contribution in [3.8, 4) is 17.2 Å². The van der Waals surface area contributed by atoms with Gasteiger partial charge in [-0.3, -0.25) is 0 Å². The number of para-hydroxylation sites is 3. The normalized spacial score (nSPS) is 11.7. The van der Waals surface area contributed by atoms with E-state index < -0.39 is 0 Å². The van der Waals surface area contributed by atoms with E-state index in [1.165, 1.54) is 18.6 Å². The number of hydrogen-bond acceptors (Lipinski definition) is 6. The molecule has 3 aromatic rings. The van der Waals surface area contributed by atoms with Gasteiger partial charge in [-0.1, -0.05) is 36.4 Å². The van der Waals surface area contributed by atoms with Crippen molar-refractivity contribution < 1.29 is 32.8 Å². The summed E-state index contributed by atoms with van der Waals surface area (Å²) in [4.78, 5) is 0. The Morgan fingerprint density at radius 2 is 1.22 bits per heavy atom. The number of nitrogens with zero attached hydrogens (tertiary/aromatic N) is 3. The van der Waals surface area contributed by atoms with Crippen LogP contribution >= 0.6 is 0 Å². The van der Waals surface area contributed by atoms with Crippen LogP contribution in [0.5, 0.6) is 17.2 Å². The molecule has 164 valence electrons. The third-order valence-corrected chi connectivity index (χ3v) is 3.96. The molecule has 0 unspecified atom stereocenters. The number of nitrogens with one attached hydrogen (secondary N) is 3. The molecule has 0 aliphatic carbocycles. The van der Waals surface area contributed by atoms with Gasteiger partial charge in [0.25, 0.3) is 5.96 Å². The van der Waals surface area contributed by atoms with E-state index in [0.717, 1.165) is 0 Å². The van der Waals surface area contributed by atoms with E-state index in [1.54, 1.807) is 72.8 Å². The topological polar surface area (TPSA) is 136 Å². The zero-order valence-electron chi connectivity index (χ0n) is 16.7. The average molecular weight is 453 g/mol. The molecular weight excluding hydrogens is 432 g/mol. The summed E-state index contributed by atoms with van der Waals surface area (Å²) in [6.45, 7) is 0. The summed E-state index contributed by atoms with van der Waals surface area (Å²) < 4.78 is 0. The number of aromatic hydroxyl groups is 3. The number of hydrogen-bond donors (Lipinski definition) is 6. The van der Waals surface area contributed by atoms with Gasteiger partial charge < -0.3 is 27.7 Å². The zero-order chi connectivity index (χ0) is 21.9. The summed E-state index contributed by atoms with van der Waals surface area (Å²) >= 11 is 0. The molecule has 0 aliphatic rings. The minimum Gasteiger partial charge on any atom is -1.00 e. The van der Waals surface area contributed by atoms with Crippen LogP contribution in [0.3, 0.4) is 0 Å². The Labute approximate surface area is 190 Å². The molecule has 3 aromatic carbocycles. The number of rotatable bonds is 6. The molecule has 0 radical (unpaired) electrons. The lowest BCUT2D eigenvalue weighted by Gasteiger charge is -2.01. The lowest BCUT2D eigenvalue weighted by Crippen LogP contribution is -3.00. The molecule has 9 nitrogen and oxygen atoms in total. The van der Waals surface area contributed by atoms with E-state index in [0.29, 0.717) is 16.7 Å². The number of phenols is 3. The fourth-order valence-electron chi connectivity index (χ4n) is 2.37. The highest BCUT2D eigenvalue weighted by Gasteiger charge is 2.02. The standard InChI is InChI=1S/C22H20N6O3.ClH/c29-19-10-4-1-7-16(19)13-23-26-22(27-24-14-17-8-2-5-11-20(17)30)28-25-15-18-9-3-6-12-21(18)31;/h1-15,29-31H,(H2,26,27,28);1H/b23-13+,24-14+,25-15+;. The van der Waals surface area contributed by atoms with Crippen LogP contribution in [0.2, 0.25) is 0 Å². The second-order valence-corrected chi connectivity index (χ2v) is 6.15. The number of hydrazone groups is 2. The first kappa shape index (κ1) is 23.9. The van der Waals surface area contributed by atoms with Crippen molar-refractivity contribution in [3.63, 3.8) is 0 Å². The van der Waals surface area contributed by atoms with Crippen LogP contribution in [0.4, 0.5) is 0 Å². The summed E-state index contributed by atoms with van der Waals surface area (Å²) in [5.41, 5.74) is 7.01. The van der Waals surface area contributed by atoms with Crippen molar-refractivity contribution in [2.24, 2.45) is 15.3 Å². The first-order chi connectivity index (χ1) is 15.1. The fraction of sp³-hybridized carbons (Fsp3) is 0. The lowest BCUT2D eigenvalue weighted by molar-refractivity contribution is -0.500. The summed E-state index contributed by atoms with van der Waals surface area (Å²) in [6, 6.07) is 20.2. The maximum atomic E-state index is 9.82. The predicted molar refractivity (Wildman–Crippen MR) is 119 cm³/mol. The van der Waals surface area contributed by atoms with Crippen molar-refractivity contribution in [2.45, 2.75) is 0 Å². The third kappa shape index (κ3) is 7.15. The molecule has 10 heteroatoms. The van der Waals surface area contributed by atoms with E-state index in [1.807, 2.05) is 0 Å². The molecule has 0 spiro atoms. The van der Waals surface area contributed by atoms with Crippen LogP contribution in [-0.4, -0.2) is 39.9 Å². The van der Waals surface area contributed by atoms with E-state index in [4.69, 9.17) is 0 Å². The van der Waals surface area contributed by atoms with Crippen LogP contribution in [0.1, 0.15) is 16.7 Å². The number of hydrazine groups is 1. The maximum absolute atomic E-state index is 9.82. The highest BCUT2D eigenvalue weighted by molar-refractivity contribution is 5.87. The van der Waals surface area contributed by atoms with Crippen molar-refractivity contribution in [2.75, 3.05) is 0 Å². The predicted octanol–water partition coefficient (Wildman–Crippen LogP) is -2.17. The van der Waals surface area contributed by atoms with Crippen LogP contribution in [0, 0.1) is 0 Å². The van der Waals surface area contributed by atoms with Crippen LogP contribution in [0.15, 0.2) is 88.1 Å². The van der Waals surface area contributed by atoms with Crippen LogP contribution in [-0.2, 0) is 0 Å². The molecule has 32 heavy (non-hydrogen) atoms. The van der Waals surface area contributed by atoms with Gasteiger partial charge >= 0.3 is 0 Å². The van der Waals surface area contributed by atoms with Crippen molar-refractivity contribution in [1.82, 2.24) is 10.9 Å². The highest BCUT2D eigenvalue weighted by Crippen LogP contribution is 2.13. The molecule has 6 N–H and O–H groups in total. The Morgan fingerprint density at radius 3 is 1.78 bits per heavy atom. The summed E-state index contributed by atoms with van der Waals surface area (Å²) in [5, 5.41) is 44.2. The van der Waals surface area contributed by atoms with Gasteiger partial charge in [-0.05, 0) is 36.4 Å². The van der Waals surface area contributed by atoms with Gasteiger partial charge in [0, 0.05) is 11.1 Å². The molecular formula is C22H21ClN6O3. The maximum Gasteiger partial charge on any atom is 0.291 e. The van der Waals surface area contributed by atoms with Gasteiger partial charge in [-0.15, -0.1) is 15.6 Å². The van der Waals surface area contributed by atoms with Crippen molar-refractivity contribution >= 4 is 24.6 Å². The molecule has 0 aliphatic heterocycles. The van der Waals surface area contributed by atoms with Gasteiger partial charge in [0.05, 0.1) is 18.0 Å². The molecule has 0 amide bonds. The second-order valence-electron chi connectivity index (χ2n) is 6.15. The van der Waals surface area contributed by atoms with Crippen LogP contribution in [0.25, 0.3) is 0 Å². The fourth-order valence-corrected chi connectivity index (χ4v) is 2.37. The molecule has 0 heterocycles. The molecule has 0 saturated heterocycles. The minimum atomic E-state index is 0. The highest BCUT2D eigenvalue weighted by atomic mass is 35.5. The van der Waals surface area contributed by atoms with E-state index in [9.17, 15) is 15.3 Å². The molecule has 0 fully saturated rings. The van der Waals surface area contributed by atoms with E-state index in [2.05, 4.69) is 31.3 Å². The van der Waals surface area contributed by atoms with E-state index in [-0.39, 0.29) is 35.6 Å². The number of benzene rings is 3. The first-order valence-corrected chi connectivity index (χ1v) is 9.22. The van der Waals surface area contributed by atoms with E-state index >= 15 is 0 Å². The van der Waals surface area contributed by atoms with Crippen molar-refractivity contribution in [3.05, 3.63) is 89.5 Å². The largest absolute Gasteiger partial charge is 1.00 e. The molecule has 0 bridgehead atoms. The second kappa shape index (κ2) is 12.4. The number of halogens is 1. The Kier molecular flexibility index (Phi) is 9.23. The molecule has 0 aromatic heterocycles. The Balaban J connectivity index is 0.00000363. The summed E-state index contributed by atoms with van der Waals surface area (Å²) in [7, 11) is 0. The average Bonchev–Trinajstić information content (AvgIpc) is 2.77. The number of guanidine groups is 1. The smallest absolute Gasteiger partial charge is 0.291 e. The summed E-state index contributed by atoms with van der Waals surface area (Å²) in [6.07, 6.45) is 4.34. The monoisotopic (exact) mass is 452 g/mol. The Bertz CT molecular complexity index is 1090. The third-order valence-electron chi connectivity index (χ3n) is 3.96. The SMILES string of the molecule is Oc1ccccc1/C=N/N=C(\N/N=C/c1ccccc1O)N/[NH+]=C/c1ccccc1O.[Cl-]. The van der Waals surface area contributed by atoms with Crippen LogP contribution < -0.4 is 28.4 Å². The Hall–Kier alpha value is -4.37. The lowest BCUT2D eigenvalue weighted by atomic mass is 10.2. The first-order valence-electron chi connectivity index (χ1n) is 9.22. The van der Waals surface area contributed by atoms with Crippen molar-refractivity contribution in [1.29, 1.82) is 0 Å². The zero-order valence-corrected chi connectivity index (χ0v) is 17.5. The Morgan fingerprint density at radius 1 is 0.719 bits per heavy atom. The van der Waals surface area contributed by atoms with Gasteiger partial charge in [0.2, 0.25) is 6.21 Å². The van der Waals surface area contributed by atoms with Gasteiger partial charge in [-0.25, -0.2) is 5.43 Å². The molecule has 0 atom stereocenters. The molecule has 0 saturated carbocycles. The summed E-state index contributed by atoms with van der Waals surface area (Å²) in [5.74, 6) is 0.388. The number of phenolic OH excluding ortho intramolecular Hbond substituents is 3.